The lowest BCUT2D eigenvalue weighted by Crippen LogP contribution is -2.29. The van der Waals surface area contributed by atoms with E-state index in [1.807, 2.05) is 42.5 Å². The van der Waals surface area contributed by atoms with Crippen LogP contribution in [-0.2, 0) is 0 Å². The maximum atomic E-state index is 12.2. The van der Waals surface area contributed by atoms with Crippen LogP contribution in [0.1, 0.15) is 21.6 Å². The minimum atomic E-state index is -0.298. The maximum absolute atomic E-state index is 12.2. The Morgan fingerprint density at radius 1 is 0.931 bits per heavy atom. The molecule has 0 aliphatic carbocycles. The summed E-state index contributed by atoms with van der Waals surface area (Å²) in [5.41, 5.74) is 3.59. The number of nitrogens with zero attached hydrogens (tertiary/aromatic N) is 2. The first kappa shape index (κ1) is 20.1. The van der Waals surface area contributed by atoms with E-state index < -0.39 is 0 Å². The normalized spacial score (nSPS) is 10.3. The highest BCUT2D eigenvalue weighted by Crippen LogP contribution is 2.18. The van der Waals surface area contributed by atoms with Crippen molar-refractivity contribution < 1.29 is 14.3 Å². The van der Waals surface area contributed by atoms with Crippen molar-refractivity contribution in [2.24, 2.45) is 0 Å². The lowest BCUT2D eigenvalue weighted by atomic mass is 10.1. The van der Waals surface area contributed by atoms with Gasteiger partial charge in [0.2, 0.25) is 0 Å². The van der Waals surface area contributed by atoms with Crippen molar-refractivity contribution >= 4 is 17.4 Å². The fraction of sp³-hybridized carbons (Fsp3) is 0.227. The van der Waals surface area contributed by atoms with Crippen molar-refractivity contribution in [1.82, 2.24) is 15.5 Å². The second-order valence-electron chi connectivity index (χ2n) is 6.51. The summed E-state index contributed by atoms with van der Waals surface area (Å²) in [4.78, 5) is 12.2. The Morgan fingerprint density at radius 2 is 1.69 bits per heavy atom. The first-order valence-electron chi connectivity index (χ1n) is 9.28. The van der Waals surface area contributed by atoms with Crippen LogP contribution in [0.5, 0.6) is 11.5 Å². The Kier molecular flexibility index (Phi) is 6.63. The molecule has 150 valence electrons. The average Bonchev–Trinajstić information content (AvgIpc) is 2.74. The number of ether oxygens (including phenoxy) is 2. The van der Waals surface area contributed by atoms with Gasteiger partial charge in [-0.05, 0) is 73.5 Å². The number of carbonyl (C=O) groups excluding carboxylic acids is 1. The molecule has 1 amide bonds. The van der Waals surface area contributed by atoms with E-state index in [9.17, 15) is 4.79 Å². The molecule has 0 bridgehead atoms. The first-order chi connectivity index (χ1) is 14.0. The highest BCUT2D eigenvalue weighted by atomic mass is 16.5. The molecule has 7 heteroatoms. The van der Waals surface area contributed by atoms with Crippen LogP contribution in [0.3, 0.4) is 0 Å². The molecule has 0 aliphatic heterocycles. The summed E-state index contributed by atoms with van der Waals surface area (Å²) in [5, 5.41) is 14.0. The predicted octanol–water partition coefficient (Wildman–Crippen LogP) is 3.65. The number of rotatable bonds is 8. The molecule has 0 atom stereocenters. The molecule has 2 N–H and O–H groups in total. The van der Waals surface area contributed by atoms with Crippen molar-refractivity contribution in [2.75, 3.05) is 25.6 Å². The molecule has 7 nitrogen and oxygen atoms in total. The average molecular weight is 392 g/mol. The van der Waals surface area contributed by atoms with E-state index in [-0.39, 0.29) is 11.6 Å². The quantitative estimate of drug-likeness (QED) is 0.569. The molecule has 0 unspecified atom stereocenters. The van der Waals surface area contributed by atoms with Gasteiger partial charge in [0.1, 0.15) is 18.1 Å². The van der Waals surface area contributed by atoms with Gasteiger partial charge in [-0.15, -0.1) is 10.2 Å². The molecule has 3 rings (SSSR count). The predicted molar refractivity (Wildman–Crippen MR) is 112 cm³/mol. The zero-order valence-electron chi connectivity index (χ0n) is 16.7. The molecule has 0 saturated heterocycles. The molecular weight excluding hydrogens is 368 g/mol. The Balaban J connectivity index is 1.46. The van der Waals surface area contributed by atoms with Crippen molar-refractivity contribution in [3.8, 4) is 11.5 Å². The summed E-state index contributed by atoms with van der Waals surface area (Å²) in [7, 11) is 1.61. The molecule has 0 saturated carbocycles. The Hall–Kier alpha value is -3.61. The minimum Gasteiger partial charge on any atom is -0.497 e. The van der Waals surface area contributed by atoms with Crippen LogP contribution < -0.4 is 20.1 Å². The fourth-order valence-electron chi connectivity index (χ4n) is 2.58. The number of nitrogens with one attached hydrogen (secondary N) is 2. The third-order valence-corrected chi connectivity index (χ3v) is 4.39. The van der Waals surface area contributed by atoms with Gasteiger partial charge in [0, 0.05) is 5.69 Å². The lowest BCUT2D eigenvalue weighted by molar-refractivity contribution is 0.0941. The van der Waals surface area contributed by atoms with Gasteiger partial charge in [-0.25, -0.2) is 0 Å². The minimum absolute atomic E-state index is 0.250. The number of methoxy groups -OCH3 is 1. The number of amides is 1. The summed E-state index contributed by atoms with van der Waals surface area (Å²) in [6.07, 6.45) is 0. The molecule has 1 aromatic heterocycles. The summed E-state index contributed by atoms with van der Waals surface area (Å²) in [6, 6.07) is 16.7. The van der Waals surface area contributed by atoms with E-state index in [1.165, 1.54) is 11.1 Å². The smallest absolute Gasteiger partial charge is 0.271 e. The standard InChI is InChI=1S/C22H24N4O3/c1-15-4-5-17(14-16(15)2)24-21-11-10-20(25-26-21)22(27)23-12-13-29-19-8-6-18(28-3)7-9-19/h4-11,14H,12-13H2,1-3H3,(H,23,27)(H,24,26). The molecule has 0 fully saturated rings. The molecule has 0 aliphatic rings. The summed E-state index contributed by atoms with van der Waals surface area (Å²) in [6.45, 7) is 4.82. The number of carbonyl (C=O) groups is 1. The van der Waals surface area contributed by atoms with Gasteiger partial charge < -0.3 is 20.1 Å². The largest absolute Gasteiger partial charge is 0.497 e. The number of benzene rings is 2. The number of anilines is 2. The number of aromatic nitrogens is 2. The third-order valence-electron chi connectivity index (χ3n) is 4.39. The SMILES string of the molecule is COc1ccc(OCCNC(=O)c2ccc(Nc3ccc(C)c(C)c3)nn2)cc1. The van der Waals surface area contributed by atoms with Crippen molar-refractivity contribution in [3.05, 3.63) is 71.4 Å². The summed E-state index contributed by atoms with van der Waals surface area (Å²) < 4.78 is 10.7. The molecule has 2 aromatic carbocycles. The molecule has 0 spiro atoms. The zero-order chi connectivity index (χ0) is 20.6. The number of aryl methyl sites for hydroxylation is 2. The Morgan fingerprint density at radius 3 is 2.34 bits per heavy atom. The van der Waals surface area contributed by atoms with E-state index in [0.29, 0.717) is 24.7 Å². The number of hydrogen-bond acceptors (Lipinski definition) is 6. The van der Waals surface area contributed by atoms with Gasteiger partial charge >= 0.3 is 0 Å². The third kappa shape index (κ3) is 5.68. The zero-order valence-corrected chi connectivity index (χ0v) is 16.7. The Labute approximate surface area is 170 Å². The molecule has 3 aromatic rings. The molecule has 0 radical (unpaired) electrons. The van der Waals surface area contributed by atoms with Crippen LogP contribution in [0.2, 0.25) is 0 Å². The van der Waals surface area contributed by atoms with Crippen LogP contribution in [-0.4, -0.2) is 36.4 Å². The van der Waals surface area contributed by atoms with Gasteiger partial charge in [0.05, 0.1) is 13.7 Å². The number of hydrogen-bond donors (Lipinski definition) is 2. The van der Waals surface area contributed by atoms with Gasteiger partial charge in [-0.3, -0.25) is 4.79 Å². The summed E-state index contributed by atoms with van der Waals surface area (Å²) >= 11 is 0. The monoisotopic (exact) mass is 392 g/mol. The van der Waals surface area contributed by atoms with Crippen LogP contribution in [0.4, 0.5) is 11.5 Å². The highest BCUT2D eigenvalue weighted by molar-refractivity contribution is 5.92. The second kappa shape index (κ2) is 9.54. The fourth-order valence-corrected chi connectivity index (χ4v) is 2.58. The maximum Gasteiger partial charge on any atom is 0.271 e. The van der Waals surface area contributed by atoms with Gasteiger partial charge in [-0.2, -0.15) is 0 Å². The van der Waals surface area contributed by atoms with E-state index >= 15 is 0 Å². The van der Waals surface area contributed by atoms with Gasteiger partial charge in [-0.1, -0.05) is 6.07 Å². The molecule has 29 heavy (non-hydrogen) atoms. The van der Waals surface area contributed by atoms with Gasteiger partial charge in [0.25, 0.3) is 5.91 Å². The van der Waals surface area contributed by atoms with E-state index in [4.69, 9.17) is 9.47 Å². The topological polar surface area (TPSA) is 85.4 Å². The Bertz CT molecular complexity index is 957. The van der Waals surface area contributed by atoms with E-state index in [0.717, 1.165) is 11.4 Å². The van der Waals surface area contributed by atoms with Crippen LogP contribution >= 0.6 is 0 Å². The first-order valence-corrected chi connectivity index (χ1v) is 9.28. The van der Waals surface area contributed by atoms with Crippen LogP contribution in [0.15, 0.2) is 54.6 Å². The molecular formula is C22H24N4O3. The molecule has 1 heterocycles. The second-order valence-corrected chi connectivity index (χ2v) is 6.51. The van der Waals surface area contributed by atoms with Crippen LogP contribution in [0, 0.1) is 13.8 Å². The van der Waals surface area contributed by atoms with Crippen LogP contribution in [0.25, 0.3) is 0 Å². The highest BCUT2D eigenvalue weighted by Gasteiger charge is 2.08. The van der Waals surface area contributed by atoms with Crippen molar-refractivity contribution in [1.29, 1.82) is 0 Å². The van der Waals surface area contributed by atoms with E-state index in [1.54, 1.807) is 19.2 Å². The van der Waals surface area contributed by atoms with Gasteiger partial charge in [0.15, 0.2) is 11.5 Å². The van der Waals surface area contributed by atoms with Crippen molar-refractivity contribution in [3.63, 3.8) is 0 Å². The van der Waals surface area contributed by atoms with Crippen molar-refractivity contribution in [2.45, 2.75) is 13.8 Å². The van der Waals surface area contributed by atoms with E-state index in [2.05, 4.69) is 34.7 Å². The summed E-state index contributed by atoms with van der Waals surface area (Å²) in [5.74, 6) is 1.75. The lowest BCUT2D eigenvalue weighted by Gasteiger charge is -2.09.